The molecule has 4 rings (SSSR count). The summed E-state index contributed by atoms with van der Waals surface area (Å²) >= 11 is 0. The van der Waals surface area contributed by atoms with Gasteiger partial charge in [0.05, 0.1) is 26.2 Å². The minimum atomic E-state index is 0.216. The van der Waals surface area contributed by atoms with Gasteiger partial charge < -0.3 is 18.8 Å². The van der Waals surface area contributed by atoms with Crippen molar-refractivity contribution in [1.29, 1.82) is 0 Å². The van der Waals surface area contributed by atoms with Crippen LogP contribution in [0.1, 0.15) is 12.8 Å². The van der Waals surface area contributed by atoms with Crippen LogP contribution in [0.5, 0.6) is 11.9 Å². The number of nitrogens with zero attached hydrogens (tertiary/aromatic N) is 5. The minimum Gasteiger partial charge on any atom is -0.481 e. The second-order valence-corrected chi connectivity index (χ2v) is 5.89. The predicted octanol–water partition coefficient (Wildman–Crippen LogP) is 2.81. The summed E-state index contributed by atoms with van der Waals surface area (Å²) in [7, 11) is 3.06. The maximum absolute atomic E-state index is 5.60. The highest BCUT2D eigenvalue weighted by Gasteiger charge is 2.21. The molecule has 0 unspecified atom stereocenters. The van der Waals surface area contributed by atoms with Gasteiger partial charge in [0.25, 0.3) is 0 Å². The lowest BCUT2D eigenvalue weighted by molar-refractivity contribution is 0.352. The quantitative estimate of drug-likeness (QED) is 0.692. The number of hydrogen-bond donors (Lipinski definition) is 0. The maximum Gasteiger partial charge on any atom is 0.320 e. The van der Waals surface area contributed by atoms with E-state index in [0.717, 1.165) is 31.5 Å². The van der Waals surface area contributed by atoms with Crippen LogP contribution in [-0.4, -0.2) is 47.2 Å². The molecule has 1 saturated heterocycles. The zero-order valence-corrected chi connectivity index (χ0v) is 14.7. The highest BCUT2D eigenvalue weighted by molar-refractivity contribution is 5.77. The molecule has 0 spiro atoms. The van der Waals surface area contributed by atoms with E-state index in [1.807, 2.05) is 12.1 Å². The average molecular weight is 353 g/mol. The molecule has 8 nitrogen and oxygen atoms in total. The Bertz CT molecular complexity index is 870. The number of rotatable bonds is 5. The molecule has 4 heterocycles. The Morgan fingerprint density at radius 3 is 2.62 bits per heavy atom. The summed E-state index contributed by atoms with van der Waals surface area (Å²) in [6.07, 6.45) is 5.70. The van der Waals surface area contributed by atoms with Gasteiger partial charge in [0.1, 0.15) is 5.69 Å². The van der Waals surface area contributed by atoms with Crippen molar-refractivity contribution in [3.05, 3.63) is 30.7 Å². The Morgan fingerprint density at radius 2 is 1.92 bits per heavy atom. The van der Waals surface area contributed by atoms with Gasteiger partial charge in [0.15, 0.2) is 5.76 Å². The van der Waals surface area contributed by atoms with E-state index in [1.54, 1.807) is 25.6 Å². The first kappa shape index (κ1) is 16.3. The molecule has 0 bridgehead atoms. The molecule has 26 heavy (non-hydrogen) atoms. The van der Waals surface area contributed by atoms with Crippen molar-refractivity contribution in [2.75, 3.05) is 32.2 Å². The maximum atomic E-state index is 5.60. The van der Waals surface area contributed by atoms with Gasteiger partial charge in [-0.3, -0.25) is 0 Å². The predicted molar refractivity (Wildman–Crippen MR) is 95.3 cm³/mol. The molecular weight excluding hydrogens is 334 g/mol. The molecular formula is C18H19N5O3. The normalized spacial score (nSPS) is 13.8. The van der Waals surface area contributed by atoms with Gasteiger partial charge in [-0.2, -0.15) is 9.97 Å². The first-order valence-electron chi connectivity index (χ1n) is 8.42. The summed E-state index contributed by atoms with van der Waals surface area (Å²) in [6.45, 7) is 1.93. The summed E-state index contributed by atoms with van der Waals surface area (Å²) in [5.41, 5.74) is 2.00. The fourth-order valence-electron chi connectivity index (χ4n) is 2.97. The van der Waals surface area contributed by atoms with Crippen molar-refractivity contribution < 1.29 is 13.9 Å². The lowest BCUT2D eigenvalue weighted by Crippen LogP contribution is -2.20. The third kappa shape index (κ3) is 3.05. The molecule has 1 aliphatic rings. The van der Waals surface area contributed by atoms with Crippen LogP contribution in [0, 0.1) is 0 Å². The van der Waals surface area contributed by atoms with Crippen LogP contribution < -0.4 is 14.4 Å². The smallest absolute Gasteiger partial charge is 0.320 e. The van der Waals surface area contributed by atoms with E-state index in [1.165, 1.54) is 7.11 Å². The van der Waals surface area contributed by atoms with E-state index in [4.69, 9.17) is 18.9 Å². The fourth-order valence-corrected chi connectivity index (χ4v) is 2.97. The molecule has 134 valence electrons. The van der Waals surface area contributed by atoms with E-state index >= 15 is 0 Å². The second-order valence-electron chi connectivity index (χ2n) is 5.89. The highest BCUT2D eigenvalue weighted by Crippen LogP contribution is 2.33. The molecule has 0 amide bonds. The van der Waals surface area contributed by atoms with Crippen molar-refractivity contribution in [2.24, 2.45) is 0 Å². The molecule has 0 aromatic carbocycles. The lowest BCUT2D eigenvalue weighted by Gasteiger charge is -2.17. The molecule has 3 aromatic rings. The molecule has 1 fully saturated rings. The molecule has 3 aromatic heterocycles. The number of hydrogen-bond acceptors (Lipinski definition) is 8. The van der Waals surface area contributed by atoms with Gasteiger partial charge in [0.2, 0.25) is 11.8 Å². The Hall–Kier alpha value is -3.16. The molecule has 0 radical (unpaired) electrons. The molecule has 0 N–H and O–H groups in total. The van der Waals surface area contributed by atoms with Gasteiger partial charge in [0, 0.05) is 30.9 Å². The van der Waals surface area contributed by atoms with Gasteiger partial charge >= 0.3 is 6.01 Å². The zero-order valence-electron chi connectivity index (χ0n) is 14.7. The van der Waals surface area contributed by atoms with E-state index in [2.05, 4.69) is 19.9 Å². The Balaban J connectivity index is 1.85. The van der Waals surface area contributed by atoms with Gasteiger partial charge in [-0.05, 0) is 25.0 Å². The van der Waals surface area contributed by atoms with Crippen LogP contribution in [-0.2, 0) is 0 Å². The van der Waals surface area contributed by atoms with E-state index in [0.29, 0.717) is 29.0 Å². The molecule has 0 atom stereocenters. The summed E-state index contributed by atoms with van der Waals surface area (Å²) in [5, 5.41) is 0. The van der Waals surface area contributed by atoms with Gasteiger partial charge in [-0.15, -0.1) is 0 Å². The van der Waals surface area contributed by atoms with Crippen LogP contribution in [0.3, 0.4) is 0 Å². The Labute approximate surface area is 150 Å². The van der Waals surface area contributed by atoms with Crippen LogP contribution in [0.4, 0.5) is 5.95 Å². The minimum absolute atomic E-state index is 0.216. The van der Waals surface area contributed by atoms with Crippen molar-refractivity contribution >= 4 is 5.95 Å². The van der Waals surface area contributed by atoms with Crippen molar-refractivity contribution in [3.63, 3.8) is 0 Å². The van der Waals surface area contributed by atoms with Crippen LogP contribution in [0.25, 0.3) is 22.7 Å². The fraction of sp³-hybridized carbons (Fsp3) is 0.333. The topological polar surface area (TPSA) is 86.4 Å². The molecule has 0 aliphatic carbocycles. The Morgan fingerprint density at radius 1 is 1.08 bits per heavy atom. The Kier molecular flexibility index (Phi) is 4.39. The number of ether oxygens (including phenoxy) is 2. The van der Waals surface area contributed by atoms with E-state index in [9.17, 15) is 0 Å². The van der Waals surface area contributed by atoms with E-state index < -0.39 is 0 Å². The van der Waals surface area contributed by atoms with Crippen LogP contribution in [0.15, 0.2) is 35.1 Å². The standard InChI is InChI=1S/C18H19N5O3/c1-24-15-10-13(20-18(21-15)25-2)12-11-19-17(23-7-3-4-8-23)22-16(12)14-6-5-9-26-14/h5-6,9-11H,3-4,7-8H2,1-2H3. The summed E-state index contributed by atoms with van der Waals surface area (Å²) in [6, 6.07) is 5.64. The molecule has 1 aliphatic heterocycles. The van der Waals surface area contributed by atoms with Gasteiger partial charge in [-0.25, -0.2) is 9.97 Å². The van der Waals surface area contributed by atoms with Crippen molar-refractivity contribution in [1.82, 2.24) is 19.9 Å². The highest BCUT2D eigenvalue weighted by atomic mass is 16.5. The largest absolute Gasteiger partial charge is 0.481 e. The molecule has 8 heteroatoms. The third-order valence-corrected chi connectivity index (χ3v) is 4.27. The summed E-state index contributed by atoms with van der Waals surface area (Å²) in [5.74, 6) is 1.76. The average Bonchev–Trinajstić information content (AvgIpc) is 3.41. The number of aromatic nitrogens is 4. The number of furan rings is 1. The molecule has 0 saturated carbocycles. The lowest BCUT2D eigenvalue weighted by atomic mass is 10.1. The zero-order chi connectivity index (χ0) is 17.9. The number of methoxy groups -OCH3 is 2. The van der Waals surface area contributed by atoms with Crippen LogP contribution >= 0.6 is 0 Å². The summed E-state index contributed by atoms with van der Waals surface area (Å²) in [4.78, 5) is 20.1. The summed E-state index contributed by atoms with van der Waals surface area (Å²) < 4.78 is 16.0. The van der Waals surface area contributed by atoms with Crippen molar-refractivity contribution in [3.8, 4) is 34.6 Å². The monoisotopic (exact) mass is 353 g/mol. The van der Waals surface area contributed by atoms with E-state index in [-0.39, 0.29) is 6.01 Å². The first-order chi connectivity index (χ1) is 12.8. The van der Waals surface area contributed by atoms with Gasteiger partial charge in [-0.1, -0.05) is 0 Å². The first-order valence-corrected chi connectivity index (χ1v) is 8.42. The third-order valence-electron chi connectivity index (χ3n) is 4.27. The van der Waals surface area contributed by atoms with Crippen molar-refractivity contribution in [2.45, 2.75) is 12.8 Å². The van der Waals surface area contributed by atoms with Crippen LogP contribution in [0.2, 0.25) is 0 Å². The number of anilines is 1. The SMILES string of the molecule is COc1cc(-c2cnc(N3CCCC3)nc2-c2ccco2)nc(OC)n1. The second kappa shape index (κ2) is 6.99.